The van der Waals surface area contributed by atoms with Gasteiger partial charge < -0.3 is 14.5 Å². The maximum absolute atomic E-state index is 13.3. The van der Waals surface area contributed by atoms with Crippen LogP contribution in [0, 0.1) is 0 Å². The van der Waals surface area contributed by atoms with Crippen molar-refractivity contribution < 1.29 is 14.2 Å². The molecule has 1 aromatic carbocycles. The number of anilines is 1. The van der Waals surface area contributed by atoms with Gasteiger partial charge in [0.2, 0.25) is 0 Å². The molecule has 6 heteroatoms. The van der Waals surface area contributed by atoms with Crippen LogP contribution in [0.5, 0.6) is 0 Å². The van der Waals surface area contributed by atoms with E-state index in [9.17, 15) is 9.67 Å². The summed E-state index contributed by atoms with van der Waals surface area (Å²) in [4.78, 5) is 5.87. The molecule has 118 valence electrons. The van der Waals surface area contributed by atoms with E-state index in [2.05, 4.69) is 4.98 Å². The van der Waals surface area contributed by atoms with Crippen LogP contribution in [0.1, 0.15) is 18.3 Å². The molecule has 0 spiro atoms. The predicted octanol–water partition coefficient (Wildman–Crippen LogP) is 2.78. The number of aromatic nitrogens is 1. The molecule has 0 unspecified atom stereocenters. The molecule has 0 aliphatic heterocycles. The first kappa shape index (κ1) is 16.7. The van der Waals surface area contributed by atoms with E-state index in [1.165, 1.54) is 0 Å². The molecule has 0 fully saturated rings. The first-order valence-corrected chi connectivity index (χ1v) is 8.78. The molecule has 1 aromatic heterocycles. The molecule has 0 aliphatic rings. The molecule has 22 heavy (non-hydrogen) atoms. The van der Waals surface area contributed by atoms with Gasteiger partial charge in [-0.2, -0.15) is 0 Å². The van der Waals surface area contributed by atoms with Gasteiger partial charge in [-0.1, -0.05) is 0 Å². The highest BCUT2D eigenvalue weighted by atomic mass is 31.2. The number of hydrogen-bond donors (Lipinski definition) is 1. The van der Waals surface area contributed by atoms with Gasteiger partial charge in [-0.05, 0) is 48.9 Å². The van der Waals surface area contributed by atoms with Crippen LogP contribution in [0.3, 0.4) is 0 Å². The normalized spacial score (nSPS) is 15.1. The highest BCUT2D eigenvalue weighted by molar-refractivity contribution is 7.67. The Labute approximate surface area is 131 Å². The Morgan fingerprint density at radius 3 is 2.27 bits per heavy atom. The van der Waals surface area contributed by atoms with Gasteiger partial charge in [0.1, 0.15) is 0 Å². The zero-order valence-electron chi connectivity index (χ0n) is 13.0. The lowest BCUT2D eigenvalue weighted by Gasteiger charge is -2.24. The van der Waals surface area contributed by atoms with Gasteiger partial charge in [0.05, 0.1) is 6.61 Å². The van der Waals surface area contributed by atoms with E-state index in [4.69, 9.17) is 4.52 Å². The standard InChI is InChI=1S/C16H21N2O3P/c1-4-21-22(20,16(19)13-9-11-17-12-10-13)15-7-5-14(6-8-15)18(2)3/h5-12,16,19H,4H2,1-3H3/t16-,22+/m0/s1. The summed E-state index contributed by atoms with van der Waals surface area (Å²) in [5, 5.41) is 11.1. The molecular weight excluding hydrogens is 299 g/mol. The van der Waals surface area contributed by atoms with Crippen LogP contribution >= 0.6 is 7.37 Å². The Morgan fingerprint density at radius 1 is 1.18 bits per heavy atom. The molecule has 0 aliphatic carbocycles. The fourth-order valence-electron chi connectivity index (χ4n) is 2.17. The van der Waals surface area contributed by atoms with E-state index in [0.717, 1.165) is 5.69 Å². The minimum atomic E-state index is -3.43. The average molecular weight is 320 g/mol. The zero-order chi connectivity index (χ0) is 16.2. The fraction of sp³-hybridized carbons (Fsp3) is 0.312. The second-order valence-electron chi connectivity index (χ2n) is 5.08. The number of hydrogen-bond acceptors (Lipinski definition) is 5. The van der Waals surface area contributed by atoms with Gasteiger partial charge >= 0.3 is 0 Å². The Bertz CT molecular complexity index is 644. The first-order chi connectivity index (χ1) is 10.5. The van der Waals surface area contributed by atoms with Crippen LogP contribution in [0.4, 0.5) is 5.69 Å². The van der Waals surface area contributed by atoms with Crippen LogP contribution < -0.4 is 10.2 Å². The molecule has 2 aromatic rings. The predicted molar refractivity (Wildman–Crippen MR) is 88.8 cm³/mol. The average Bonchev–Trinajstić information content (AvgIpc) is 2.55. The third kappa shape index (κ3) is 3.38. The van der Waals surface area contributed by atoms with Crippen molar-refractivity contribution in [1.29, 1.82) is 0 Å². The molecule has 2 rings (SSSR count). The summed E-state index contributed by atoms with van der Waals surface area (Å²) in [6.07, 6.45) is 3.12. The van der Waals surface area contributed by atoms with Gasteiger partial charge in [0.25, 0.3) is 7.37 Å². The van der Waals surface area contributed by atoms with E-state index in [1.807, 2.05) is 31.1 Å². The monoisotopic (exact) mass is 320 g/mol. The molecule has 1 N–H and O–H groups in total. The molecule has 2 atom stereocenters. The summed E-state index contributed by atoms with van der Waals surface area (Å²) in [7, 11) is 0.442. The lowest BCUT2D eigenvalue weighted by Crippen LogP contribution is -2.16. The van der Waals surface area contributed by atoms with Crippen molar-refractivity contribution in [3.8, 4) is 0 Å². The number of benzene rings is 1. The smallest absolute Gasteiger partial charge is 0.264 e. The molecule has 0 bridgehead atoms. The van der Waals surface area contributed by atoms with Crippen LogP contribution in [-0.4, -0.2) is 30.8 Å². The Kier molecular flexibility index (Phi) is 5.35. The third-order valence-electron chi connectivity index (χ3n) is 3.37. The second kappa shape index (κ2) is 7.05. The summed E-state index contributed by atoms with van der Waals surface area (Å²) >= 11 is 0. The number of aliphatic hydroxyl groups is 1. The Morgan fingerprint density at radius 2 is 1.77 bits per heavy atom. The van der Waals surface area contributed by atoms with Gasteiger partial charge in [-0.3, -0.25) is 9.55 Å². The van der Waals surface area contributed by atoms with Crippen molar-refractivity contribution in [3.63, 3.8) is 0 Å². The maximum atomic E-state index is 13.3. The number of aliphatic hydroxyl groups excluding tert-OH is 1. The van der Waals surface area contributed by atoms with Gasteiger partial charge in [0, 0.05) is 37.5 Å². The Balaban J connectivity index is 2.41. The molecule has 0 radical (unpaired) electrons. The Hall–Kier alpha value is -1.68. The number of nitrogens with zero attached hydrogens (tertiary/aromatic N) is 2. The van der Waals surface area contributed by atoms with E-state index < -0.39 is 13.2 Å². The van der Waals surface area contributed by atoms with Crippen LogP contribution in [-0.2, 0) is 9.09 Å². The second-order valence-corrected chi connectivity index (χ2v) is 7.54. The van der Waals surface area contributed by atoms with Crippen LogP contribution in [0.2, 0.25) is 0 Å². The SMILES string of the molecule is CCO[P@](=O)(c1ccc(N(C)C)cc1)[C@H](O)c1ccncc1. The molecule has 0 amide bonds. The summed E-state index contributed by atoms with van der Waals surface area (Å²) in [5.74, 6) is -1.21. The van der Waals surface area contributed by atoms with Crippen molar-refractivity contribution in [3.05, 3.63) is 54.4 Å². The highest BCUT2D eigenvalue weighted by Gasteiger charge is 2.36. The van der Waals surface area contributed by atoms with Crippen molar-refractivity contribution in [1.82, 2.24) is 4.98 Å². The minimum Gasteiger partial charge on any atom is -0.378 e. The van der Waals surface area contributed by atoms with E-state index in [-0.39, 0.29) is 6.61 Å². The molecule has 0 saturated heterocycles. The quantitative estimate of drug-likeness (QED) is 0.829. The van der Waals surface area contributed by atoms with Crippen molar-refractivity contribution in [2.24, 2.45) is 0 Å². The highest BCUT2D eigenvalue weighted by Crippen LogP contribution is 2.57. The van der Waals surface area contributed by atoms with E-state index >= 15 is 0 Å². The summed E-state index contributed by atoms with van der Waals surface area (Å²) < 4.78 is 18.8. The van der Waals surface area contributed by atoms with E-state index in [0.29, 0.717) is 10.9 Å². The molecular formula is C16H21N2O3P. The summed E-state index contributed by atoms with van der Waals surface area (Å²) in [6.45, 7) is 2.02. The molecule has 0 saturated carbocycles. The van der Waals surface area contributed by atoms with Crippen molar-refractivity contribution >= 4 is 18.4 Å². The fourth-order valence-corrected chi connectivity index (χ4v) is 4.25. The van der Waals surface area contributed by atoms with Crippen LogP contribution in [0.15, 0.2) is 48.8 Å². The van der Waals surface area contributed by atoms with Crippen molar-refractivity contribution in [2.45, 2.75) is 12.8 Å². The lowest BCUT2D eigenvalue weighted by molar-refractivity contribution is 0.218. The zero-order valence-corrected chi connectivity index (χ0v) is 13.9. The largest absolute Gasteiger partial charge is 0.378 e. The molecule has 1 heterocycles. The summed E-state index contributed by atoms with van der Waals surface area (Å²) in [6, 6.07) is 10.5. The first-order valence-electron chi connectivity index (χ1n) is 7.09. The number of rotatable bonds is 6. The molecule has 5 nitrogen and oxygen atoms in total. The van der Waals surface area contributed by atoms with E-state index in [1.54, 1.807) is 43.6 Å². The van der Waals surface area contributed by atoms with Crippen LogP contribution in [0.25, 0.3) is 0 Å². The third-order valence-corrected chi connectivity index (χ3v) is 5.97. The maximum Gasteiger partial charge on any atom is 0.264 e. The van der Waals surface area contributed by atoms with Gasteiger partial charge in [-0.25, -0.2) is 0 Å². The topological polar surface area (TPSA) is 62.7 Å². The van der Waals surface area contributed by atoms with Gasteiger partial charge in [-0.15, -0.1) is 0 Å². The van der Waals surface area contributed by atoms with Gasteiger partial charge in [0.15, 0.2) is 5.85 Å². The number of pyridine rings is 1. The lowest BCUT2D eigenvalue weighted by atomic mass is 10.3. The van der Waals surface area contributed by atoms with Crippen molar-refractivity contribution in [2.75, 3.05) is 25.6 Å². The minimum absolute atomic E-state index is 0.259. The summed E-state index contributed by atoms with van der Waals surface area (Å²) in [5.41, 5.74) is 1.52.